The number of benzene rings is 3. The number of amides is 2. The summed E-state index contributed by atoms with van der Waals surface area (Å²) in [6, 6.07) is 24.9. The molecule has 0 saturated heterocycles. The summed E-state index contributed by atoms with van der Waals surface area (Å²) in [5.41, 5.74) is 3.11. The first-order valence-electron chi connectivity index (χ1n) is 11.3. The van der Waals surface area contributed by atoms with Crippen LogP contribution in [0.3, 0.4) is 0 Å². The van der Waals surface area contributed by atoms with Crippen molar-refractivity contribution in [3.05, 3.63) is 123 Å². The molecule has 0 fully saturated rings. The topological polar surface area (TPSA) is 71.3 Å². The smallest absolute Gasteiger partial charge is 0.268 e. The Balaban J connectivity index is 1.62. The number of halogens is 2. The van der Waals surface area contributed by atoms with E-state index in [1.54, 1.807) is 42.5 Å². The lowest BCUT2D eigenvalue weighted by Gasteiger charge is -2.16. The van der Waals surface area contributed by atoms with Gasteiger partial charge in [-0.05, 0) is 61.9 Å². The molecule has 3 aromatic carbocycles. The van der Waals surface area contributed by atoms with Crippen molar-refractivity contribution in [3.8, 4) is 11.3 Å². The highest BCUT2D eigenvalue weighted by Gasteiger charge is 2.18. The third-order valence-corrected chi connectivity index (χ3v) is 6.11. The molecule has 4 aromatic rings. The molecule has 182 valence electrons. The second-order valence-corrected chi connectivity index (χ2v) is 9.15. The van der Waals surface area contributed by atoms with Crippen molar-refractivity contribution in [2.24, 2.45) is 0 Å². The normalized spacial score (nSPS) is 12.2. The van der Waals surface area contributed by atoms with E-state index in [0.29, 0.717) is 32.7 Å². The van der Waals surface area contributed by atoms with Crippen LogP contribution in [0.15, 0.2) is 95.0 Å². The Kier molecular flexibility index (Phi) is 7.93. The standard InChI is InChI=1S/C29H24Cl2N2O3/c1-18-8-10-21(11-9-18)28(34)33-26(29(35)32-19(2)20-6-4-3-5-7-20)17-23-13-15-27(36-23)24-14-12-22(30)16-25(24)31/h3-17,19H,1-2H3,(H,32,35)(H,33,34)/b26-17-/t19-/m1/s1. The van der Waals surface area contributed by atoms with Gasteiger partial charge in [-0.1, -0.05) is 71.2 Å². The molecule has 0 unspecified atom stereocenters. The second-order valence-electron chi connectivity index (χ2n) is 8.31. The summed E-state index contributed by atoms with van der Waals surface area (Å²) in [5.74, 6) is 0.0218. The molecule has 1 atom stereocenters. The number of hydrogen-bond acceptors (Lipinski definition) is 3. The van der Waals surface area contributed by atoms with Crippen LogP contribution in [0.5, 0.6) is 0 Å². The van der Waals surface area contributed by atoms with Crippen molar-refractivity contribution < 1.29 is 14.0 Å². The third-order valence-electron chi connectivity index (χ3n) is 5.56. The fraction of sp³-hybridized carbons (Fsp3) is 0.103. The number of furan rings is 1. The average molecular weight is 519 g/mol. The monoisotopic (exact) mass is 518 g/mol. The van der Waals surface area contributed by atoms with Crippen molar-refractivity contribution in [1.82, 2.24) is 10.6 Å². The van der Waals surface area contributed by atoms with Gasteiger partial charge < -0.3 is 15.1 Å². The Labute approximate surface area is 219 Å². The van der Waals surface area contributed by atoms with Crippen LogP contribution < -0.4 is 10.6 Å². The minimum atomic E-state index is -0.450. The summed E-state index contributed by atoms with van der Waals surface area (Å²) in [6.45, 7) is 3.81. The zero-order valence-corrected chi connectivity index (χ0v) is 21.2. The predicted octanol–water partition coefficient (Wildman–Crippen LogP) is 7.21. The van der Waals surface area contributed by atoms with E-state index in [0.717, 1.165) is 11.1 Å². The van der Waals surface area contributed by atoms with E-state index < -0.39 is 11.8 Å². The van der Waals surface area contributed by atoms with Crippen LogP contribution in [0.2, 0.25) is 10.0 Å². The Bertz CT molecular complexity index is 1410. The van der Waals surface area contributed by atoms with Crippen molar-refractivity contribution in [3.63, 3.8) is 0 Å². The zero-order chi connectivity index (χ0) is 25.7. The van der Waals surface area contributed by atoms with Gasteiger partial charge in [0.2, 0.25) is 0 Å². The maximum atomic E-state index is 13.2. The Morgan fingerprint density at radius 2 is 1.64 bits per heavy atom. The number of carbonyl (C=O) groups excluding carboxylic acids is 2. The van der Waals surface area contributed by atoms with Gasteiger partial charge in [-0.2, -0.15) is 0 Å². The number of aryl methyl sites for hydroxylation is 1. The van der Waals surface area contributed by atoms with Gasteiger partial charge in [-0.15, -0.1) is 0 Å². The summed E-state index contributed by atoms with van der Waals surface area (Å²) < 4.78 is 5.93. The molecule has 2 N–H and O–H groups in total. The molecule has 2 amide bonds. The molecule has 0 aliphatic carbocycles. The number of rotatable bonds is 7. The highest BCUT2D eigenvalue weighted by Crippen LogP contribution is 2.32. The SMILES string of the molecule is Cc1ccc(C(=O)N/C(=C\c2ccc(-c3ccc(Cl)cc3Cl)o2)C(=O)N[C@H](C)c2ccccc2)cc1. The van der Waals surface area contributed by atoms with E-state index in [9.17, 15) is 9.59 Å². The lowest BCUT2D eigenvalue weighted by Crippen LogP contribution is -2.36. The van der Waals surface area contributed by atoms with Crippen LogP contribution in [-0.4, -0.2) is 11.8 Å². The number of nitrogens with one attached hydrogen (secondary N) is 2. The van der Waals surface area contributed by atoms with Gasteiger partial charge in [0, 0.05) is 22.2 Å². The predicted molar refractivity (Wildman–Crippen MR) is 144 cm³/mol. The van der Waals surface area contributed by atoms with E-state index in [2.05, 4.69) is 10.6 Å². The third kappa shape index (κ3) is 6.25. The van der Waals surface area contributed by atoms with E-state index >= 15 is 0 Å². The van der Waals surface area contributed by atoms with E-state index in [1.807, 2.05) is 56.3 Å². The maximum absolute atomic E-state index is 13.2. The van der Waals surface area contributed by atoms with Crippen molar-refractivity contribution in [2.45, 2.75) is 19.9 Å². The van der Waals surface area contributed by atoms with Crippen LogP contribution >= 0.6 is 23.2 Å². The molecule has 0 bridgehead atoms. The second kappa shape index (κ2) is 11.3. The molecule has 1 aromatic heterocycles. The van der Waals surface area contributed by atoms with Gasteiger partial charge in [0.05, 0.1) is 11.1 Å². The van der Waals surface area contributed by atoms with Crippen LogP contribution in [0.4, 0.5) is 0 Å². The lowest BCUT2D eigenvalue weighted by molar-refractivity contribution is -0.118. The van der Waals surface area contributed by atoms with Crippen molar-refractivity contribution >= 4 is 41.1 Å². The van der Waals surface area contributed by atoms with Crippen LogP contribution in [0, 0.1) is 6.92 Å². The van der Waals surface area contributed by atoms with Crippen molar-refractivity contribution in [2.75, 3.05) is 0 Å². The van der Waals surface area contributed by atoms with Crippen LogP contribution in [0.1, 0.15) is 40.2 Å². The highest BCUT2D eigenvalue weighted by molar-refractivity contribution is 6.36. The first-order chi connectivity index (χ1) is 17.3. The maximum Gasteiger partial charge on any atom is 0.268 e. The molecule has 4 rings (SSSR count). The summed E-state index contributed by atoms with van der Waals surface area (Å²) in [7, 11) is 0. The molecule has 0 radical (unpaired) electrons. The van der Waals surface area contributed by atoms with Gasteiger partial charge in [0.25, 0.3) is 11.8 Å². The first kappa shape index (κ1) is 25.3. The summed E-state index contributed by atoms with van der Waals surface area (Å²) in [5, 5.41) is 6.62. The molecule has 5 nitrogen and oxygen atoms in total. The molecule has 36 heavy (non-hydrogen) atoms. The Morgan fingerprint density at radius 3 is 2.33 bits per heavy atom. The van der Waals surface area contributed by atoms with E-state index in [1.165, 1.54) is 6.08 Å². The zero-order valence-electron chi connectivity index (χ0n) is 19.7. The van der Waals surface area contributed by atoms with Gasteiger partial charge in [-0.3, -0.25) is 9.59 Å². The minimum Gasteiger partial charge on any atom is -0.457 e. The molecule has 1 heterocycles. The summed E-state index contributed by atoms with van der Waals surface area (Å²) in [6.07, 6.45) is 1.49. The molecule has 0 aliphatic heterocycles. The van der Waals surface area contributed by atoms with Gasteiger partial charge in [0.15, 0.2) is 0 Å². The Hall–Kier alpha value is -3.80. The van der Waals surface area contributed by atoms with Gasteiger partial charge in [-0.25, -0.2) is 0 Å². The fourth-order valence-corrected chi connectivity index (χ4v) is 4.07. The van der Waals surface area contributed by atoms with E-state index in [4.69, 9.17) is 27.6 Å². The van der Waals surface area contributed by atoms with Crippen LogP contribution in [0.25, 0.3) is 17.4 Å². The summed E-state index contributed by atoms with van der Waals surface area (Å²) >= 11 is 12.3. The number of hydrogen-bond donors (Lipinski definition) is 2. The van der Waals surface area contributed by atoms with Crippen molar-refractivity contribution in [1.29, 1.82) is 0 Å². The molecule has 7 heteroatoms. The van der Waals surface area contributed by atoms with Gasteiger partial charge >= 0.3 is 0 Å². The quantitative estimate of drug-likeness (QED) is 0.254. The lowest BCUT2D eigenvalue weighted by atomic mass is 10.1. The first-order valence-corrected chi connectivity index (χ1v) is 12.1. The minimum absolute atomic E-state index is 0.0476. The molecule has 0 aliphatic rings. The largest absolute Gasteiger partial charge is 0.457 e. The molecule has 0 spiro atoms. The summed E-state index contributed by atoms with van der Waals surface area (Å²) in [4.78, 5) is 26.2. The fourth-order valence-electron chi connectivity index (χ4n) is 3.56. The average Bonchev–Trinajstić information content (AvgIpc) is 3.32. The molecular weight excluding hydrogens is 495 g/mol. The molecular formula is C29H24Cl2N2O3. The molecule has 0 saturated carbocycles. The van der Waals surface area contributed by atoms with Crippen LogP contribution in [-0.2, 0) is 4.79 Å². The highest BCUT2D eigenvalue weighted by atomic mass is 35.5. The number of carbonyl (C=O) groups is 2. The van der Waals surface area contributed by atoms with E-state index in [-0.39, 0.29) is 11.7 Å². The Morgan fingerprint density at radius 1 is 0.917 bits per heavy atom. The van der Waals surface area contributed by atoms with Gasteiger partial charge in [0.1, 0.15) is 17.2 Å².